The van der Waals surface area contributed by atoms with E-state index >= 15 is 0 Å². The first-order chi connectivity index (χ1) is 6.54. The number of amides is 1. The number of hydrogen-bond donors (Lipinski definition) is 4. The van der Waals surface area contributed by atoms with Crippen molar-refractivity contribution < 1.29 is 15.0 Å². The number of aliphatic hydroxyl groups is 2. The Kier molecular flexibility index (Phi) is 6.11. The molecule has 3 atom stereocenters. The van der Waals surface area contributed by atoms with E-state index in [0.717, 1.165) is 0 Å². The summed E-state index contributed by atoms with van der Waals surface area (Å²) < 4.78 is 0. The van der Waals surface area contributed by atoms with Gasteiger partial charge in [-0.15, -0.1) is 6.58 Å². The van der Waals surface area contributed by atoms with Crippen LogP contribution in [0.3, 0.4) is 0 Å². The monoisotopic (exact) mass is 202 g/mol. The summed E-state index contributed by atoms with van der Waals surface area (Å²) in [4.78, 5) is 11.0. The second-order valence-corrected chi connectivity index (χ2v) is 3.21. The maximum Gasteiger partial charge on any atom is 0.223 e. The SMILES string of the molecule is C=CCCC(C(N)=O)C(O)C(N)CO. The Morgan fingerprint density at radius 2 is 2.14 bits per heavy atom. The van der Waals surface area contributed by atoms with Gasteiger partial charge in [0, 0.05) is 0 Å². The van der Waals surface area contributed by atoms with E-state index in [1.54, 1.807) is 6.08 Å². The van der Waals surface area contributed by atoms with Crippen LogP contribution in [0.25, 0.3) is 0 Å². The molecule has 0 aromatic rings. The summed E-state index contributed by atoms with van der Waals surface area (Å²) in [5, 5.41) is 18.3. The average Bonchev–Trinajstić information content (AvgIpc) is 2.16. The number of aliphatic hydroxyl groups excluding tert-OH is 2. The van der Waals surface area contributed by atoms with Gasteiger partial charge in [-0.25, -0.2) is 0 Å². The largest absolute Gasteiger partial charge is 0.395 e. The van der Waals surface area contributed by atoms with Crippen molar-refractivity contribution in [3.8, 4) is 0 Å². The number of carbonyl (C=O) groups is 1. The van der Waals surface area contributed by atoms with Crippen LogP contribution in [0, 0.1) is 5.92 Å². The molecule has 0 rings (SSSR count). The lowest BCUT2D eigenvalue weighted by atomic mass is 9.92. The molecule has 14 heavy (non-hydrogen) atoms. The maximum atomic E-state index is 11.0. The van der Waals surface area contributed by atoms with Gasteiger partial charge in [0.1, 0.15) is 0 Å². The summed E-state index contributed by atoms with van der Waals surface area (Å²) >= 11 is 0. The van der Waals surface area contributed by atoms with E-state index in [1.807, 2.05) is 0 Å². The fourth-order valence-corrected chi connectivity index (χ4v) is 1.19. The number of rotatable bonds is 7. The Balaban J connectivity index is 4.31. The molecular formula is C9H18N2O3. The van der Waals surface area contributed by atoms with Gasteiger partial charge >= 0.3 is 0 Å². The van der Waals surface area contributed by atoms with Crippen LogP contribution in [0.4, 0.5) is 0 Å². The predicted octanol–water partition coefficient (Wildman–Crippen LogP) is -1.27. The van der Waals surface area contributed by atoms with Crippen molar-refractivity contribution in [2.75, 3.05) is 6.61 Å². The predicted molar refractivity (Wildman–Crippen MR) is 53.2 cm³/mol. The lowest BCUT2D eigenvalue weighted by molar-refractivity contribution is -0.126. The molecule has 1 amide bonds. The van der Waals surface area contributed by atoms with Crippen LogP contribution in [0.1, 0.15) is 12.8 Å². The van der Waals surface area contributed by atoms with E-state index in [-0.39, 0.29) is 6.61 Å². The molecule has 0 heterocycles. The van der Waals surface area contributed by atoms with Crippen LogP contribution in [-0.2, 0) is 4.79 Å². The van der Waals surface area contributed by atoms with Gasteiger partial charge in [0.05, 0.1) is 24.7 Å². The molecule has 0 saturated heterocycles. The third-order valence-corrected chi connectivity index (χ3v) is 2.11. The van der Waals surface area contributed by atoms with Crippen molar-refractivity contribution in [1.29, 1.82) is 0 Å². The van der Waals surface area contributed by atoms with Gasteiger partial charge < -0.3 is 21.7 Å². The van der Waals surface area contributed by atoms with Crippen LogP contribution in [0.5, 0.6) is 0 Å². The second-order valence-electron chi connectivity index (χ2n) is 3.21. The van der Waals surface area contributed by atoms with Gasteiger partial charge in [0.25, 0.3) is 0 Å². The molecule has 6 N–H and O–H groups in total. The van der Waals surface area contributed by atoms with Gasteiger partial charge in [0.2, 0.25) is 5.91 Å². The summed E-state index contributed by atoms with van der Waals surface area (Å²) in [6.07, 6.45) is 1.50. The maximum absolute atomic E-state index is 11.0. The lowest BCUT2D eigenvalue weighted by Gasteiger charge is -2.23. The number of carbonyl (C=O) groups excluding carboxylic acids is 1. The van der Waals surface area contributed by atoms with Crippen LogP contribution >= 0.6 is 0 Å². The third kappa shape index (κ3) is 3.87. The van der Waals surface area contributed by atoms with E-state index in [0.29, 0.717) is 12.8 Å². The van der Waals surface area contributed by atoms with Gasteiger partial charge in [-0.05, 0) is 12.8 Å². The first kappa shape index (κ1) is 13.1. The lowest BCUT2D eigenvalue weighted by Crippen LogP contribution is -2.47. The average molecular weight is 202 g/mol. The highest BCUT2D eigenvalue weighted by molar-refractivity contribution is 5.77. The highest BCUT2D eigenvalue weighted by Crippen LogP contribution is 2.13. The molecule has 0 bridgehead atoms. The minimum Gasteiger partial charge on any atom is -0.395 e. The zero-order chi connectivity index (χ0) is 11.1. The van der Waals surface area contributed by atoms with Gasteiger partial charge in [0.15, 0.2) is 0 Å². The third-order valence-electron chi connectivity index (χ3n) is 2.11. The minimum absolute atomic E-state index is 0.376. The normalized spacial score (nSPS) is 17.1. The molecule has 0 saturated carbocycles. The molecule has 0 aliphatic carbocycles. The summed E-state index contributed by atoms with van der Waals surface area (Å²) in [5.41, 5.74) is 10.5. The molecule has 0 fully saturated rings. The van der Waals surface area contributed by atoms with E-state index in [1.165, 1.54) is 0 Å². The topological polar surface area (TPSA) is 110 Å². The number of nitrogens with two attached hydrogens (primary N) is 2. The molecule has 0 aliphatic rings. The molecule has 5 nitrogen and oxygen atoms in total. The minimum atomic E-state index is -1.10. The van der Waals surface area contributed by atoms with Gasteiger partial charge in [-0.2, -0.15) is 0 Å². The number of allylic oxidation sites excluding steroid dienone is 1. The fourth-order valence-electron chi connectivity index (χ4n) is 1.19. The van der Waals surface area contributed by atoms with Crippen LogP contribution in [0.15, 0.2) is 12.7 Å². The Labute approximate surface area is 83.4 Å². The zero-order valence-corrected chi connectivity index (χ0v) is 8.10. The summed E-state index contributed by atoms with van der Waals surface area (Å²) in [6, 6.07) is -0.836. The summed E-state index contributed by atoms with van der Waals surface area (Å²) in [5.74, 6) is -1.33. The van der Waals surface area contributed by atoms with Crippen molar-refractivity contribution in [3.63, 3.8) is 0 Å². The van der Waals surface area contributed by atoms with E-state index in [2.05, 4.69) is 6.58 Å². The van der Waals surface area contributed by atoms with Gasteiger partial charge in [-0.3, -0.25) is 4.79 Å². The smallest absolute Gasteiger partial charge is 0.223 e. The zero-order valence-electron chi connectivity index (χ0n) is 8.10. The van der Waals surface area contributed by atoms with Crippen molar-refractivity contribution >= 4 is 5.91 Å². The quantitative estimate of drug-likeness (QED) is 0.386. The second kappa shape index (κ2) is 6.53. The molecule has 0 aromatic heterocycles. The van der Waals surface area contributed by atoms with Crippen molar-refractivity contribution in [3.05, 3.63) is 12.7 Å². The molecule has 0 radical (unpaired) electrons. The highest BCUT2D eigenvalue weighted by atomic mass is 16.3. The molecule has 0 aromatic carbocycles. The Morgan fingerprint density at radius 3 is 2.50 bits per heavy atom. The van der Waals surface area contributed by atoms with Crippen molar-refractivity contribution in [2.45, 2.75) is 25.0 Å². The first-order valence-electron chi connectivity index (χ1n) is 4.49. The summed E-state index contributed by atoms with van der Waals surface area (Å²) in [7, 11) is 0. The molecule has 0 spiro atoms. The first-order valence-corrected chi connectivity index (χ1v) is 4.49. The van der Waals surface area contributed by atoms with Crippen LogP contribution in [-0.4, -0.2) is 34.9 Å². The molecule has 0 aliphatic heterocycles. The Bertz CT molecular complexity index is 196. The number of hydrogen-bond acceptors (Lipinski definition) is 4. The van der Waals surface area contributed by atoms with Crippen molar-refractivity contribution in [1.82, 2.24) is 0 Å². The summed E-state index contributed by atoms with van der Waals surface area (Å²) in [6.45, 7) is 3.13. The highest BCUT2D eigenvalue weighted by Gasteiger charge is 2.28. The standard InChI is InChI=1S/C9H18N2O3/c1-2-3-4-6(9(11)14)8(13)7(10)5-12/h2,6-8,12-13H,1,3-5,10H2,(H2,11,14). The molecular weight excluding hydrogens is 184 g/mol. The fraction of sp³-hybridized carbons (Fsp3) is 0.667. The van der Waals surface area contributed by atoms with E-state index < -0.39 is 24.0 Å². The van der Waals surface area contributed by atoms with Crippen LogP contribution < -0.4 is 11.5 Å². The van der Waals surface area contributed by atoms with Gasteiger partial charge in [-0.1, -0.05) is 6.08 Å². The molecule has 82 valence electrons. The van der Waals surface area contributed by atoms with E-state index in [9.17, 15) is 9.90 Å². The molecule has 3 unspecified atom stereocenters. The van der Waals surface area contributed by atoms with E-state index in [4.69, 9.17) is 16.6 Å². The number of primary amides is 1. The Morgan fingerprint density at radius 1 is 1.57 bits per heavy atom. The van der Waals surface area contributed by atoms with Crippen LogP contribution in [0.2, 0.25) is 0 Å². The molecule has 5 heteroatoms. The van der Waals surface area contributed by atoms with Crippen molar-refractivity contribution in [2.24, 2.45) is 17.4 Å². The Hall–Kier alpha value is -0.910.